The zero-order chi connectivity index (χ0) is 25.2. The summed E-state index contributed by atoms with van der Waals surface area (Å²) in [5.41, 5.74) is 5.78. The third-order valence-electron chi connectivity index (χ3n) is 6.04. The summed E-state index contributed by atoms with van der Waals surface area (Å²) in [6, 6.07) is 23.6. The highest BCUT2D eigenvalue weighted by Crippen LogP contribution is 2.14. The van der Waals surface area contributed by atoms with E-state index in [1.807, 2.05) is 24.3 Å². The van der Waals surface area contributed by atoms with Crippen molar-refractivity contribution >= 4 is 23.8 Å². The van der Waals surface area contributed by atoms with Crippen LogP contribution in [0.5, 0.6) is 0 Å². The number of hydrogen-bond donors (Lipinski definition) is 2. The van der Waals surface area contributed by atoms with Gasteiger partial charge in [-0.1, -0.05) is 54.6 Å². The molecule has 1 fully saturated rings. The van der Waals surface area contributed by atoms with E-state index in [0.717, 1.165) is 44.8 Å². The first-order valence-electron chi connectivity index (χ1n) is 12.0. The van der Waals surface area contributed by atoms with Crippen LogP contribution in [0.3, 0.4) is 0 Å². The zero-order valence-electron chi connectivity index (χ0n) is 20.1. The van der Waals surface area contributed by atoms with Gasteiger partial charge in [0.2, 0.25) is 0 Å². The first kappa shape index (κ1) is 25.2. The average Bonchev–Trinajstić information content (AvgIpc) is 2.92. The van der Waals surface area contributed by atoms with Crippen LogP contribution in [0.25, 0.3) is 12.2 Å². The topological polar surface area (TPSA) is 85.8 Å². The molecule has 7 nitrogen and oxygen atoms in total. The van der Waals surface area contributed by atoms with Crippen LogP contribution < -0.4 is 5.48 Å². The van der Waals surface area contributed by atoms with E-state index >= 15 is 0 Å². The fourth-order valence-electron chi connectivity index (χ4n) is 4.14. The van der Waals surface area contributed by atoms with E-state index in [9.17, 15) is 9.59 Å². The summed E-state index contributed by atoms with van der Waals surface area (Å²) in [4.78, 5) is 33.2. The highest BCUT2D eigenvalue weighted by atomic mass is 16.5. The second kappa shape index (κ2) is 12.7. The van der Waals surface area contributed by atoms with Crippen molar-refractivity contribution in [1.82, 2.24) is 20.3 Å². The Kier molecular flexibility index (Phi) is 8.88. The Morgan fingerprint density at radius 2 is 1.36 bits per heavy atom. The molecule has 1 aromatic heterocycles. The van der Waals surface area contributed by atoms with Crippen LogP contribution in [0.4, 0.5) is 0 Å². The van der Waals surface area contributed by atoms with Crippen LogP contribution >= 0.6 is 0 Å². The lowest BCUT2D eigenvalue weighted by Gasteiger charge is -2.34. The Morgan fingerprint density at radius 1 is 0.778 bits per heavy atom. The number of hydrogen-bond acceptors (Lipinski definition) is 6. The lowest BCUT2D eigenvalue weighted by atomic mass is 10.1. The summed E-state index contributed by atoms with van der Waals surface area (Å²) >= 11 is 0. The number of piperazine rings is 1. The van der Waals surface area contributed by atoms with Crippen molar-refractivity contribution < 1.29 is 14.8 Å². The molecular weight excluding hydrogens is 452 g/mol. The highest BCUT2D eigenvalue weighted by molar-refractivity contribution is 6.06. The standard InChI is InChI=1S/C29H30N4O3/c34-28(14-12-26-10-5-11-27(30-26)13-15-29(35)31-36)25-9-4-8-24(20-25)22-33-18-16-32(17-19-33)21-23-6-2-1-3-7-23/h1-15,20,36H,16-19,21-22H2,(H,31,35)/b14-12+,15-13+. The Labute approximate surface area is 211 Å². The smallest absolute Gasteiger partial charge is 0.267 e. The molecule has 1 aliphatic heterocycles. The lowest BCUT2D eigenvalue weighted by molar-refractivity contribution is -0.124. The van der Waals surface area contributed by atoms with Crippen LogP contribution in [0.15, 0.2) is 84.9 Å². The van der Waals surface area contributed by atoms with Gasteiger partial charge in [0.25, 0.3) is 5.91 Å². The van der Waals surface area contributed by atoms with Gasteiger partial charge in [0, 0.05) is 50.9 Å². The van der Waals surface area contributed by atoms with E-state index in [0.29, 0.717) is 17.0 Å². The average molecular weight is 483 g/mol. The van der Waals surface area contributed by atoms with Gasteiger partial charge in [0.05, 0.1) is 11.4 Å². The Balaban J connectivity index is 1.31. The highest BCUT2D eigenvalue weighted by Gasteiger charge is 2.17. The van der Waals surface area contributed by atoms with Gasteiger partial charge in [-0.15, -0.1) is 0 Å². The molecule has 2 aromatic carbocycles. The zero-order valence-corrected chi connectivity index (χ0v) is 20.1. The van der Waals surface area contributed by atoms with Crippen molar-refractivity contribution in [3.63, 3.8) is 0 Å². The Morgan fingerprint density at radius 3 is 2.03 bits per heavy atom. The number of hydroxylamine groups is 1. The molecule has 3 aromatic rings. The number of carbonyl (C=O) groups excluding carboxylic acids is 2. The molecule has 0 unspecified atom stereocenters. The van der Waals surface area contributed by atoms with Gasteiger partial charge < -0.3 is 0 Å². The number of pyridine rings is 1. The lowest BCUT2D eigenvalue weighted by Crippen LogP contribution is -2.45. The molecule has 2 heterocycles. The Hall–Kier alpha value is -3.91. The number of nitrogens with zero attached hydrogens (tertiary/aromatic N) is 3. The minimum atomic E-state index is -0.637. The molecule has 0 radical (unpaired) electrons. The maximum Gasteiger partial charge on any atom is 0.267 e. The number of nitrogens with one attached hydrogen (secondary N) is 1. The van der Waals surface area contributed by atoms with E-state index in [1.165, 1.54) is 29.3 Å². The molecule has 0 spiro atoms. The third-order valence-corrected chi connectivity index (χ3v) is 6.04. The molecule has 7 heteroatoms. The van der Waals surface area contributed by atoms with Gasteiger partial charge in [-0.25, -0.2) is 10.5 Å². The van der Waals surface area contributed by atoms with Gasteiger partial charge in [-0.05, 0) is 47.6 Å². The monoisotopic (exact) mass is 482 g/mol. The SMILES string of the molecule is O=C(/C=C/c1cccc(/C=C/C(=O)c2cccc(CN3CCN(Cc4ccccc4)CC3)c2)n1)NO. The Bertz CT molecular complexity index is 1230. The van der Waals surface area contributed by atoms with E-state index < -0.39 is 5.91 Å². The summed E-state index contributed by atoms with van der Waals surface area (Å²) in [5, 5.41) is 8.57. The van der Waals surface area contributed by atoms with Crippen LogP contribution in [-0.2, 0) is 17.9 Å². The molecule has 0 aliphatic carbocycles. The van der Waals surface area contributed by atoms with E-state index in [2.05, 4.69) is 45.1 Å². The molecular formula is C29H30N4O3. The van der Waals surface area contributed by atoms with Crippen molar-refractivity contribution in [3.8, 4) is 0 Å². The normalized spacial score (nSPS) is 14.9. The summed E-state index contributed by atoms with van der Waals surface area (Å²) in [6.45, 7) is 5.87. The number of aromatic nitrogens is 1. The molecule has 1 saturated heterocycles. The van der Waals surface area contributed by atoms with Gasteiger partial charge in [0.15, 0.2) is 5.78 Å². The molecule has 4 rings (SSSR count). The van der Waals surface area contributed by atoms with Gasteiger partial charge >= 0.3 is 0 Å². The number of ketones is 1. The summed E-state index contributed by atoms with van der Waals surface area (Å²) in [7, 11) is 0. The van der Waals surface area contributed by atoms with Crippen LogP contribution in [0.1, 0.15) is 32.9 Å². The molecule has 0 saturated carbocycles. The van der Waals surface area contributed by atoms with Crippen molar-refractivity contribution in [3.05, 3.63) is 113 Å². The predicted octanol–water partition coefficient (Wildman–Crippen LogP) is 3.81. The minimum Gasteiger partial charge on any atom is -0.297 e. The molecule has 2 N–H and O–H groups in total. The summed E-state index contributed by atoms with van der Waals surface area (Å²) in [5.74, 6) is -0.728. The summed E-state index contributed by atoms with van der Waals surface area (Å²) in [6.07, 6.45) is 5.83. The molecule has 184 valence electrons. The largest absolute Gasteiger partial charge is 0.297 e. The quantitative estimate of drug-likeness (QED) is 0.209. The molecule has 1 amide bonds. The van der Waals surface area contributed by atoms with Crippen molar-refractivity contribution in [2.75, 3.05) is 26.2 Å². The number of carbonyl (C=O) groups is 2. The van der Waals surface area contributed by atoms with Crippen LogP contribution in [0, 0.1) is 0 Å². The second-order valence-corrected chi connectivity index (χ2v) is 8.73. The number of benzene rings is 2. The molecule has 0 bridgehead atoms. The van der Waals surface area contributed by atoms with Crippen molar-refractivity contribution in [2.45, 2.75) is 13.1 Å². The molecule has 1 aliphatic rings. The van der Waals surface area contributed by atoms with Crippen molar-refractivity contribution in [1.29, 1.82) is 0 Å². The number of rotatable bonds is 9. The second-order valence-electron chi connectivity index (χ2n) is 8.73. The predicted molar refractivity (Wildman–Crippen MR) is 140 cm³/mol. The fourth-order valence-corrected chi connectivity index (χ4v) is 4.14. The maximum absolute atomic E-state index is 12.8. The molecule has 0 atom stereocenters. The van der Waals surface area contributed by atoms with Gasteiger partial charge in [0.1, 0.15) is 0 Å². The maximum atomic E-state index is 12.8. The summed E-state index contributed by atoms with van der Waals surface area (Å²) < 4.78 is 0. The van der Waals surface area contributed by atoms with Gasteiger partial charge in [-0.2, -0.15) is 0 Å². The van der Waals surface area contributed by atoms with E-state index in [1.54, 1.807) is 24.3 Å². The number of amides is 1. The van der Waals surface area contributed by atoms with Gasteiger partial charge in [-0.3, -0.25) is 24.6 Å². The first-order valence-corrected chi connectivity index (χ1v) is 12.0. The van der Waals surface area contributed by atoms with E-state index in [4.69, 9.17) is 5.21 Å². The van der Waals surface area contributed by atoms with E-state index in [-0.39, 0.29) is 5.78 Å². The number of allylic oxidation sites excluding steroid dienone is 1. The molecule has 36 heavy (non-hydrogen) atoms. The van der Waals surface area contributed by atoms with Crippen LogP contribution in [-0.4, -0.2) is 57.9 Å². The van der Waals surface area contributed by atoms with Crippen LogP contribution in [0.2, 0.25) is 0 Å². The van der Waals surface area contributed by atoms with Crippen molar-refractivity contribution in [2.24, 2.45) is 0 Å². The first-order chi connectivity index (χ1) is 17.6. The third kappa shape index (κ3) is 7.55. The fraction of sp³-hybridized carbons (Fsp3) is 0.207. The minimum absolute atomic E-state index is 0.0908.